The molecule has 0 aliphatic carbocycles. The molecule has 1 aromatic carbocycles. The molecule has 5 heteroatoms. The molecule has 0 radical (unpaired) electrons. The first-order valence-corrected chi connectivity index (χ1v) is 5.44. The fraction of sp³-hybridized carbons (Fsp3) is 0.222. The van der Waals surface area contributed by atoms with Crippen molar-refractivity contribution in [2.45, 2.75) is 11.9 Å². The van der Waals surface area contributed by atoms with Gasteiger partial charge >= 0.3 is 5.97 Å². The molecule has 1 atom stereocenters. The minimum absolute atomic E-state index is 0.363. The molecular weight excluding hydrogens is 291 g/mol. The van der Waals surface area contributed by atoms with Gasteiger partial charge in [-0.3, -0.25) is 4.79 Å². The third kappa shape index (κ3) is 3.15. The second-order valence-electron chi connectivity index (χ2n) is 2.60. The number of alkyl halides is 1. The van der Waals surface area contributed by atoms with E-state index in [2.05, 4.69) is 15.9 Å². The number of hydrogen-bond acceptors (Lipinski definition) is 2. The van der Waals surface area contributed by atoms with Gasteiger partial charge in [0.05, 0.1) is 10.0 Å². The lowest BCUT2D eigenvalue weighted by Gasteiger charge is -2.10. The summed E-state index contributed by atoms with van der Waals surface area (Å²) in [6, 6.07) is 5.03. The van der Waals surface area contributed by atoms with Crippen molar-refractivity contribution in [1.29, 1.82) is 0 Å². The highest BCUT2D eigenvalue weighted by Crippen LogP contribution is 2.30. The molecule has 1 rings (SSSR count). The van der Waals surface area contributed by atoms with E-state index in [-0.39, 0.29) is 5.97 Å². The molecule has 0 aliphatic heterocycles. The van der Waals surface area contributed by atoms with Crippen molar-refractivity contribution < 1.29 is 9.53 Å². The van der Waals surface area contributed by atoms with Gasteiger partial charge in [0.15, 0.2) is 5.01 Å². The molecule has 0 spiro atoms. The zero-order valence-corrected chi connectivity index (χ0v) is 10.4. The molecule has 0 amide bonds. The first kappa shape index (κ1) is 11.8. The highest BCUT2D eigenvalue weighted by Gasteiger charge is 2.11. The van der Waals surface area contributed by atoms with Gasteiger partial charge in [-0.2, -0.15) is 0 Å². The van der Waals surface area contributed by atoms with Crippen molar-refractivity contribution in [3.63, 3.8) is 0 Å². The van der Waals surface area contributed by atoms with Gasteiger partial charge in [0.25, 0.3) is 0 Å². The Kier molecular flexibility index (Phi) is 4.23. The lowest BCUT2D eigenvalue weighted by molar-refractivity contribution is -0.142. The molecule has 1 unspecified atom stereocenters. The normalized spacial score (nSPS) is 12.3. The average Bonchev–Trinajstić information content (AvgIpc) is 2.08. The van der Waals surface area contributed by atoms with Crippen molar-refractivity contribution >= 4 is 45.1 Å². The summed E-state index contributed by atoms with van der Waals surface area (Å²) in [5.74, 6) is -0.363. The van der Waals surface area contributed by atoms with Crippen LogP contribution in [0.1, 0.15) is 17.5 Å². The zero-order valence-electron chi connectivity index (χ0n) is 7.26. The van der Waals surface area contributed by atoms with Gasteiger partial charge in [0, 0.05) is 12.5 Å². The molecule has 0 saturated carbocycles. The van der Waals surface area contributed by atoms with Crippen LogP contribution in [0.25, 0.3) is 0 Å². The summed E-state index contributed by atoms with van der Waals surface area (Å²) in [4.78, 5) is 10.7. The first-order valence-electron chi connectivity index (χ1n) is 3.77. The van der Waals surface area contributed by atoms with Gasteiger partial charge in [-0.05, 0) is 28.1 Å². The van der Waals surface area contributed by atoms with Gasteiger partial charge in [-0.1, -0.05) is 29.3 Å². The van der Waals surface area contributed by atoms with Crippen LogP contribution >= 0.6 is 39.1 Å². The van der Waals surface area contributed by atoms with Crippen LogP contribution < -0.4 is 0 Å². The Labute approximate surface area is 100 Å². The molecule has 0 heterocycles. The minimum atomic E-state index is -0.491. The van der Waals surface area contributed by atoms with E-state index in [1.54, 1.807) is 18.2 Å². The lowest BCUT2D eigenvalue weighted by atomic mass is 10.2. The predicted molar refractivity (Wildman–Crippen MR) is 59.9 cm³/mol. The third-order valence-corrected chi connectivity index (χ3v) is 2.93. The Morgan fingerprint density at radius 3 is 2.57 bits per heavy atom. The Balaban J connectivity index is 2.85. The van der Waals surface area contributed by atoms with Gasteiger partial charge in [0.2, 0.25) is 0 Å². The van der Waals surface area contributed by atoms with E-state index in [0.717, 1.165) is 5.56 Å². The quantitative estimate of drug-likeness (QED) is 0.610. The number of halogens is 3. The summed E-state index contributed by atoms with van der Waals surface area (Å²) in [5, 5.41) is 0.411. The molecule has 76 valence electrons. The minimum Gasteiger partial charge on any atom is -0.446 e. The number of carbonyl (C=O) groups excluding carboxylic acids is 1. The highest BCUT2D eigenvalue weighted by atomic mass is 79.9. The summed E-state index contributed by atoms with van der Waals surface area (Å²) >= 11 is 14.7. The predicted octanol–water partition coefficient (Wildman–Crippen LogP) is 3.95. The number of ether oxygens (including phenoxy) is 1. The van der Waals surface area contributed by atoms with E-state index in [4.69, 9.17) is 27.9 Å². The highest BCUT2D eigenvalue weighted by molar-refractivity contribution is 9.09. The Morgan fingerprint density at radius 2 is 2.07 bits per heavy atom. The smallest absolute Gasteiger partial charge is 0.304 e. The molecular formula is C9H7BrCl2O2. The van der Waals surface area contributed by atoms with Crippen LogP contribution in [0.4, 0.5) is 0 Å². The number of benzene rings is 1. The molecule has 0 fully saturated rings. The molecule has 0 aliphatic rings. The zero-order chi connectivity index (χ0) is 10.7. The fourth-order valence-electron chi connectivity index (χ4n) is 0.867. The second kappa shape index (κ2) is 5.01. The van der Waals surface area contributed by atoms with E-state index in [9.17, 15) is 4.79 Å². The SMILES string of the molecule is CC(=O)OC(Br)c1ccc(Cl)c(Cl)c1. The molecule has 1 aromatic rings. The second-order valence-corrected chi connectivity index (χ2v) is 4.25. The fourth-order valence-corrected chi connectivity index (χ4v) is 1.72. The van der Waals surface area contributed by atoms with Crippen LogP contribution in [-0.2, 0) is 9.53 Å². The van der Waals surface area contributed by atoms with Crippen LogP contribution in [0.5, 0.6) is 0 Å². The monoisotopic (exact) mass is 296 g/mol. The van der Waals surface area contributed by atoms with Gasteiger partial charge in [-0.25, -0.2) is 0 Å². The van der Waals surface area contributed by atoms with Crippen LogP contribution in [0.15, 0.2) is 18.2 Å². The molecule has 0 saturated heterocycles. The van der Waals surface area contributed by atoms with E-state index < -0.39 is 5.01 Å². The first-order chi connectivity index (χ1) is 6.50. The molecule has 14 heavy (non-hydrogen) atoms. The number of carbonyl (C=O) groups is 1. The maximum atomic E-state index is 10.7. The maximum absolute atomic E-state index is 10.7. The van der Waals surface area contributed by atoms with Crippen LogP contribution in [0.2, 0.25) is 10.0 Å². The number of esters is 1. The maximum Gasteiger partial charge on any atom is 0.304 e. The van der Waals surface area contributed by atoms with Gasteiger partial charge < -0.3 is 4.74 Å². The van der Waals surface area contributed by atoms with Crippen molar-refractivity contribution in [1.82, 2.24) is 0 Å². The van der Waals surface area contributed by atoms with E-state index in [0.29, 0.717) is 10.0 Å². The van der Waals surface area contributed by atoms with Crippen molar-refractivity contribution in [3.05, 3.63) is 33.8 Å². The summed E-state index contributed by atoms with van der Waals surface area (Å²) in [6.45, 7) is 1.34. The Morgan fingerprint density at radius 1 is 1.43 bits per heavy atom. The molecule has 0 bridgehead atoms. The summed E-state index contributed by atoms with van der Waals surface area (Å²) in [7, 11) is 0. The average molecular weight is 298 g/mol. The van der Waals surface area contributed by atoms with Crippen molar-refractivity contribution in [2.24, 2.45) is 0 Å². The van der Waals surface area contributed by atoms with Crippen LogP contribution in [0, 0.1) is 0 Å². The Hall–Kier alpha value is -0.250. The summed E-state index contributed by atoms with van der Waals surface area (Å²) in [6.07, 6.45) is 0. The molecule has 2 nitrogen and oxygen atoms in total. The molecule has 0 N–H and O–H groups in total. The number of rotatable bonds is 2. The summed E-state index contributed by atoms with van der Waals surface area (Å²) in [5.41, 5.74) is 0.745. The van der Waals surface area contributed by atoms with Crippen molar-refractivity contribution in [2.75, 3.05) is 0 Å². The Bertz CT molecular complexity index is 355. The topological polar surface area (TPSA) is 26.3 Å². The van der Waals surface area contributed by atoms with Gasteiger partial charge in [-0.15, -0.1) is 0 Å². The van der Waals surface area contributed by atoms with Crippen molar-refractivity contribution in [3.8, 4) is 0 Å². The third-order valence-electron chi connectivity index (χ3n) is 1.48. The van der Waals surface area contributed by atoms with E-state index in [1.165, 1.54) is 6.92 Å². The number of hydrogen-bond donors (Lipinski definition) is 0. The standard InChI is InChI=1S/C9H7BrCl2O2/c1-5(13)14-9(10)6-2-3-7(11)8(12)4-6/h2-4,9H,1H3. The van der Waals surface area contributed by atoms with E-state index >= 15 is 0 Å². The van der Waals surface area contributed by atoms with Gasteiger partial charge in [0.1, 0.15) is 0 Å². The summed E-state index contributed by atoms with van der Waals surface area (Å²) < 4.78 is 4.91. The van der Waals surface area contributed by atoms with Crippen LogP contribution in [0.3, 0.4) is 0 Å². The van der Waals surface area contributed by atoms with E-state index in [1.807, 2.05) is 0 Å². The lowest BCUT2D eigenvalue weighted by Crippen LogP contribution is -2.02. The largest absolute Gasteiger partial charge is 0.446 e. The van der Waals surface area contributed by atoms with Crippen LogP contribution in [-0.4, -0.2) is 5.97 Å². The molecule has 0 aromatic heterocycles.